The summed E-state index contributed by atoms with van der Waals surface area (Å²) in [6, 6.07) is 0. The van der Waals surface area contributed by atoms with Gasteiger partial charge in [-0.05, 0) is 5.92 Å². The maximum Gasteiger partial charge on any atom is 0.315 e. The van der Waals surface area contributed by atoms with E-state index in [1.54, 1.807) is 11.3 Å². The second kappa shape index (κ2) is 5.43. The molecule has 1 rings (SSSR count). The summed E-state index contributed by atoms with van der Waals surface area (Å²) in [5, 5.41) is 3.04. The van der Waals surface area contributed by atoms with Crippen LogP contribution in [0.5, 0.6) is 0 Å². The molecule has 0 radical (unpaired) electrons. The normalized spacial score (nSPS) is 13.2. The maximum absolute atomic E-state index is 11.7. The first kappa shape index (κ1) is 13.2. The number of nitrogens with zero attached hydrogens (tertiary/aromatic N) is 1. The van der Waals surface area contributed by atoms with Gasteiger partial charge in [0.05, 0.1) is 17.8 Å². The third-order valence-electron chi connectivity index (χ3n) is 2.47. The van der Waals surface area contributed by atoms with Gasteiger partial charge < -0.3 is 4.74 Å². The lowest BCUT2D eigenvalue weighted by molar-refractivity contribution is -0.143. The zero-order chi connectivity index (χ0) is 12.3. The number of methoxy groups -OCH3 is 1. The Kier molecular flexibility index (Phi) is 4.47. The number of aromatic nitrogens is 1. The van der Waals surface area contributed by atoms with Crippen molar-refractivity contribution >= 4 is 17.3 Å². The third kappa shape index (κ3) is 2.82. The van der Waals surface area contributed by atoms with Gasteiger partial charge in [-0.15, -0.1) is 11.3 Å². The Hall–Kier alpha value is -0.900. The van der Waals surface area contributed by atoms with Crippen molar-refractivity contribution in [1.82, 2.24) is 4.98 Å². The van der Waals surface area contributed by atoms with Crippen LogP contribution in [0.4, 0.5) is 0 Å². The largest absolute Gasteiger partial charge is 0.468 e. The molecule has 1 atom stereocenters. The molecular weight excluding hydrogens is 222 g/mol. The van der Waals surface area contributed by atoms with Gasteiger partial charge in [0.25, 0.3) is 0 Å². The molecule has 4 heteroatoms. The first-order valence-corrected chi connectivity index (χ1v) is 6.38. The highest BCUT2D eigenvalue weighted by molar-refractivity contribution is 7.09. The molecular formula is C12H19NO2S. The number of ether oxygens (including phenoxy) is 1. The molecule has 90 valence electrons. The van der Waals surface area contributed by atoms with E-state index in [4.69, 9.17) is 4.74 Å². The fourth-order valence-corrected chi connectivity index (χ4v) is 2.44. The van der Waals surface area contributed by atoms with Crippen LogP contribution in [0.15, 0.2) is 5.38 Å². The van der Waals surface area contributed by atoms with E-state index in [0.717, 1.165) is 10.7 Å². The fourth-order valence-electron chi connectivity index (χ4n) is 1.57. The predicted molar refractivity (Wildman–Crippen MR) is 65.8 cm³/mol. The molecule has 0 N–H and O–H groups in total. The number of carbonyl (C=O) groups is 1. The van der Waals surface area contributed by atoms with Gasteiger partial charge >= 0.3 is 5.97 Å². The van der Waals surface area contributed by atoms with E-state index in [2.05, 4.69) is 18.8 Å². The Labute approximate surface area is 101 Å². The topological polar surface area (TPSA) is 39.2 Å². The molecule has 16 heavy (non-hydrogen) atoms. The molecule has 0 fully saturated rings. The summed E-state index contributed by atoms with van der Waals surface area (Å²) in [7, 11) is 1.42. The second-order valence-corrected chi connectivity index (χ2v) is 5.40. The van der Waals surface area contributed by atoms with Crippen LogP contribution < -0.4 is 0 Å². The molecule has 1 heterocycles. The van der Waals surface area contributed by atoms with E-state index in [-0.39, 0.29) is 17.8 Å². The molecule has 0 amide bonds. The van der Waals surface area contributed by atoms with E-state index < -0.39 is 0 Å². The van der Waals surface area contributed by atoms with Crippen LogP contribution in [0.25, 0.3) is 0 Å². The average Bonchev–Trinajstić information content (AvgIpc) is 2.66. The predicted octanol–water partition coefficient (Wildman–Crippen LogP) is 3.18. The molecule has 0 aromatic carbocycles. The van der Waals surface area contributed by atoms with E-state index >= 15 is 0 Å². The minimum atomic E-state index is -0.242. The van der Waals surface area contributed by atoms with Gasteiger partial charge in [0.1, 0.15) is 5.92 Å². The summed E-state index contributed by atoms with van der Waals surface area (Å²) < 4.78 is 4.82. The first-order valence-electron chi connectivity index (χ1n) is 5.50. The van der Waals surface area contributed by atoms with E-state index in [1.807, 2.05) is 19.2 Å². The second-order valence-electron chi connectivity index (χ2n) is 4.51. The Balaban J connectivity index is 2.97. The van der Waals surface area contributed by atoms with Gasteiger partial charge in [0.15, 0.2) is 0 Å². The van der Waals surface area contributed by atoms with Gasteiger partial charge in [-0.3, -0.25) is 4.79 Å². The highest BCUT2D eigenvalue weighted by atomic mass is 32.1. The smallest absolute Gasteiger partial charge is 0.315 e. The summed E-state index contributed by atoms with van der Waals surface area (Å²) in [6.45, 7) is 8.22. The Morgan fingerprint density at radius 3 is 2.38 bits per heavy atom. The van der Waals surface area contributed by atoms with Crippen LogP contribution in [0, 0.1) is 5.92 Å². The van der Waals surface area contributed by atoms with Gasteiger partial charge in [-0.2, -0.15) is 0 Å². The van der Waals surface area contributed by atoms with Crippen LogP contribution >= 0.6 is 11.3 Å². The van der Waals surface area contributed by atoms with Gasteiger partial charge in [0, 0.05) is 11.3 Å². The molecule has 0 saturated heterocycles. The van der Waals surface area contributed by atoms with E-state index in [9.17, 15) is 4.79 Å². The minimum Gasteiger partial charge on any atom is -0.468 e. The van der Waals surface area contributed by atoms with Crippen molar-refractivity contribution in [3.8, 4) is 0 Å². The summed E-state index contributed by atoms with van der Waals surface area (Å²) in [6.07, 6.45) is 0. The van der Waals surface area contributed by atoms with Crippen LogP contribution in [-0.4, -0.2) is 18.1 Å². The molecule has 0 aliphatic heterocycles. The highest BCUT2D eigenvalue weighted by Crippen LogP contribution is 2.29. The highest BCUT2D eigenvalue weighted by Gasteiger charge is 2.27. The lowest BCUT2D eigenvalue weighted by Crippen LogP contribution is -2.20. The average molecular weight is 241 g/mol. The third-order valence-corrected chi connectivity index (χ3v) is 3.64. The fraction of sp³-hybridized carbons (Fsp3) is 0.667. The van der Waals surface area contributed by atoms with Crippen LogP contribution in [0.1, 0.15) is 50.2 Å². The SMILES string of the molecule is COC(=O)C(c1csc(C(C)C)n1)C(C)C. The number of hydrogen-bond donors (Lipinski definition) is 0. The molecule has 3 nitrogen and oxygen atoms in total. The van der Waals surface area contributed by atoms with Crippen molar-refractivity contribution in [2.75, 3.05) is 7.11 Å². The van der Waals surface area contributed by atoms with Crippen molar-refractivity contribution in [3.63, 3.8) is 0 Å². The quantitative estimate of drug-likeness (QED) is 0.760. The standard InChI is InChI=1S/C12H19NO2S/c1-7(2)10(12(14)15-5)9-6-16-11(13-9)8(3)4/h6-8,10H,1-5H3. The Morgan fingerprint density at radius 1 is 1.38 bits per heavy atom. The van der Waals surface area contributed by atoms with Gasteiger partial charge in [-0.1, -0.05) is 27.7 Å². The van der Waals surface area contributed by atoms with E-state index in [0.29, 0.717) is 5.92 Å². The van der Waals surface area contributed by atoms with Crippen molar-refractivity contribution in [2.45, 2.75) is 39.5 Å². The number of rotatable bonds is 4. The lowest BCUT2D eigenvalue weighted by atomic mass is 9.93. The molecule has 1 aromatic rings. The summed E-state index contributed by atoms with van der Waals surface area (Å²) in [5.41, 5.74) is 0.843. The van der Waals surface area contributed by atoms with Gasteiger partial charge in [0.2, 0.25) is 0 Å². The van der Waals surface area contributed by atoms with Crippen molar-refractivity contribution in [2.24, 2.45) is 5.92 Å². The number of thiazole rings is 1. The van der Waals surface area contributed by atoms with Crippen molar-refractivity contribution < 1.29 is 9.53 Å². The molecule has 0 bridgehead atoms. The van der Waals surface area contributed by atoms with Crippen molar-refractivity contribution in [3.05, 3.63) is 16.1 Å². The number of hydrogen-bond acceptors (Lipinski definition) is 4. The first-order chi connectivity index (χ1) is 7.47. The Bertz CT molecular complexity index is 358. The maximum atomic E-state index is 11.7. The van der Waals surface area contributed by atoms with E-state index in [1.165, 1.54) is 7.11 Å². The molecule has 0 spiro atoms. The molecule has 0 saturated carbocycles. The van der Waals surface area contributed by atoms with Gasteiger partial charge in [-0.25, -0.2) is 4.98 Å². The zero-order valence-electron chi connectivity index (χ0n) is 10.5. The van der Waals surface area contributed by atoms with Crippen LogP contribution in [0.2, 0.25) is 0 Å². The number of esters is 1. The molecule has 1 unspecified atom stereocenters. The molecule has 1 aromatic heterocycles. The Morgan fingerprint density at radius 2 is 2.00 bits per heavy atom. The zero-order valence-corrected chi connectivity index (χ0v) is 11.3. The molecule has 0 aliphatic rings. The monoisotopic (exact) mass is 241 g/mol. The lowest BCUT2D eigenvalue weighted by Gasteiger charge is -2.15. The summed E-state index contributed by atoms with van der Waals surface area (Å²) in [5.74, 6) is 0.170. The van der Waals surface area contributed by atoms with Crippen molar-refractivity contribution in [1.29, 1.82) is 0 Å². The van der Waals surface area contributed by atoms with Crippen LogP contribution in [-0.2, 0) is 9.53 Å². The minimum absolute atomic E-state index is 0.199. The molecule has 0 aliphatic carbocycles. The summed E-state index contributed by atoms with van der Waals surface area (Å²) in [4.78, 5) is 16.2. The van der Waals surface area contributed by atoms with Crippen LogP contribution in [0.3, 0.4) is 0 Å². The summed E-state index contributed by atoms with van der Waals surface area (Å²) >= 11 is 1.61. The number of carbonyl (C=O) groups excluding carboxylic acids is 1.